The Morgan fingerprint density at radius 1 is 1.42 bits per heavy atom. The molecule has 102 valence electrons. The third-order valence-electron chi connectivity index (χ3n) is 2.58. The topological polar surface area (TPSA) is 61.1 Å². The number of carbonyl (C=O) groups is 1. The molecule has 0 saturated carbocycles. The molecular formula is C13H18N4O2. The Hall–Kier alpha value is -2.08. The second-order valence-electron chi connectivity index (χ2n) is 4.73. The molecule has 0 aliphatic heterocycles. The third-order valence-corrected chi connectivity index (χ3v) is 2.58. The maximum absolute atomic E-state index is 12.1. The van der Waals surface area contributed by atoms with Crippen molar-refractivity contribution in [3.05, 3.63) is 36.3 Å². The van der Waals surface area contributed by atoms with E-state index in [4.69, 9.17) is 4.84 Å². The molecule has 0 aliphatic rings. The van der Waals surface area contributed by atoms with E-state index in [1.807, 2.05) is 42.9 Å². The highest BCUT2D eigenvalue weighted by Gasteiger charge is 2.17. The van der Waals surface area contributed by atoms with Crippen LogP contribution in [0.1, 0.15) is 24.2 Å². The summed E-state index contributed by atoms with van der Waals surface area (Å²) in [7, 11) is 1.79. The molecular weight excluding hydrogens is 244 g/mol. The van der Waals surface area contributed by atoms with Gasteiger partial charge in [0.15, 0.2) is 0 Å². The second-order valence-corrected chi connectivity index (χ2v) is 4.73. The van der Waals surface area contributed by atoms with Gasteiger partial charge >= 0.3 is 0 Å². The van der Waals surface area contributed by atoms with Crippen LogP contribution in [0.15, 0.2) is 30.7 Å². The molecule has 2 aromatic rings. The average molecular weight is 262 g/mol. The molecule has 6 heteroatoms. The molecule has 1 N–H and O–H groups in total. The zero-order valence-corrected chi connectivity index (χ0v) is 11.3. The van der Waals surface area contributed by atoms with Crippen LogP contribution in [0.4, 0.5) is 0 Å². The van der Waals surface area contributed by atoms with E-state index in [0.29, 0.717) is 23.9 Å². The van der Waals surface area contributed by atoms with E-state index in [1.54, 1.807) is 11.7 Å². The first-order valence-electron chi connectivity index (χ1n) is 6.17. The maximum Gasteiger partial charge on any atom is 0.280 e. The van der Waals surface area contributed by atoms with Gasteiger partial charge in [-0.1, -0.05) is 13.8 Å². The highest BCUT2D eigenvalue weighted by Crippen LogP contribution is 2.13. The van der Waals surface area contributed by atoms with Gasteiger partial charge in [0.1, 0.15) is 11.4 Å². The van der Waals surface area contributed by atoms with Gasteiger partial charge in [0, 0.05) is 19.4 Å². The molecule has 2 heterocycles. The molecule has 0 aliphatic carbocycles. The molecule has 1 amide bonds. The van der Waals surface area contributed by atoms with Crippen molar-refractivity contribution in [3.8, 4) is 5.82 Å². The molecule has 0 spiro atoms. The molecule has 2 aromatic heterocycles. The van der Waals surface area contributed by atoms with Crippen molar-refractivity contribution in [1.82, 2.24) is 19.8 Å². The number of nitrogens with zero attached hydrogens (tertiary/aromatic N) is 3. The number of hydrogen-bond acceptors (Lipinski definition) is 3. The minimum Gasteiger partial charge on any atom is -0.308 e. The Morgan fingerprint density at radius 3 is 2.74 bits per heavy atom. The third kappa shape index (κ3) is 3.03. The van der Waals surface area contributed by atoms with Gasteiger partial charge in [-0.2, -0.15) is 5.10 Å². The molecule has 6 nitrogen and oxygen atoms in total. The molecule has 19 heavy (non-hydrogen) atoms. The van der Waals surface area contributed by atoms with Crippen LogP contribution in [0.5, 0.6) is 0 Å². The van der Waals surface area contributed by atoms with Gasteiger partial charge in [0.25, 0.3) is 5.91 Å². The zero-order valence-electron chi connectivity index (χ0n) is 11.3. The van der Waals surface area contributed by atoms with Crippen molar-refractivity contribution in [2.75, 3.05) is 6.61 Å². The summed E-state index contributed by atoms with van der Waals surface area (Å²) in [6.45, 7) is 4.51. The van der Waals surface area contributed by atoms with E-state index in [1.165, 1.54) is 6.20 Å². The van der Waals surface area contributed by atoms with Gasteiger partial charge in [-0.25, -0.2) is 5.48 Å². The molecule has 0 aromatic carbocycles. The minimum absolute atomic E-state index is 0.294. The first-order chi connectivity index (χ1) is 9.09. The Bertz CT molecular complexity index is 543. The summed E-state index contributed by atoms with van der Waals surface area (Å²) in [4.78, 5) is 17.2. The Morgan fingerprint density at radius 2 is 2.11 bits per heavy atom. The monoisotopic (exact) mass is 262 g/mol. The standard InChI is InChI=1S/C13H18N4O2/c1-10(2)9-19-15-12(18)11-8-14-16(3)13(11)17-6-4-5-7-17/h4-8,10H,9H2,1-3H3,(H,15,18). The van der Waals surface area contributed by atoms with Crippen molar-refractivity contribution in [2.45, 2.75) is 13.8 Å². The quantitative estimate of drug-likeness (QED) is 0.831. The predicted octanol–water partition coefficient (Wildman–Crippen LogP) is 1.53. The first-order valence-corrected chi connectivity index (χ1v) is 6.17. The summed E-state index contributed by atoms with van der Waals surface area (Å²) in [5.41, 5.74) is 2.91. The smallest absolute Gasteiger partial charge is 0.280 e. The summed E-state index contributed by atoms with van der Waals surface area (Å²) in [6, 6.07) is 3.79. The molecule has 0 saturated heterocycles. The summed E-state index contributed by atoms with van der Waals surface area (Å²) in [5, 5.41) is 4.12. The molecule has 0 radical (unpaired) electrons. The number of carbonyl (C=O) groups excluding carboxylic acids is 1. The van der Waals surface area contributed by atoms with Crippen molar-refractivity contribution >= 4 is 5.91 Å². The van der Waals surface area contributed by atoms with Crippen LogP contribution in [0.2, 0.25) is 0 Å². The Balaban J connectivity index is 2.15. The lowest BCUT2D eigenvalue weighted by molar-refractivity contribution is 0.0208. The number of aromatic nitrogens is 3. The van der Waals surface area contributed by atoms with Crippen molar-refractivity contribution in [3.63, 3.8) is 0 Å². The number of hydrogen-bond donors (Lipinski definition) is 1. The lowest BCUT2D eigenvalue weighted by Crippen LogP contribution is -2.26. The normalized spacial score (nSPS) is 10.9. The summed E-state index contributed by atoms with van der Waals surface area (Å²) in [6.07, 6.45) is 5.26. The molecule has 0 fully saturated rings. The van der Waals surface area contributed by atoms with E-state index in [9.17, 15) is 4.79 Å². The fourth-order valence-electron chi connectivity index (χ4n) is 1.70. The van der Waals surface area contributed by atoms with Gasteiger partial charge < -0.3 is 4.57 Å². The lowest BCUT2D eigenvalue weighted by Gasteiger charge is -2.09. The van der Waals surface area contributed by atoms with Crippen LogP contribution in [0.3, 0.4) is 0 Å². The number of amides is 1. The van der Waals surface area contributed by atoms with Gasteiger partial charge in [0.2, 0.25) is 0 Å². The Labute approximate surface area is 111 Å². The number of nitrogens with one attached hydrogen (secondary N) is 1. The van der Waals surface area contributed by atoms with Gasteiger partial charge in [-0.3, -0.25) is 14.3 Å². The number of hydroxylamine groups is 1. The highest BCUT2D eigenvalue weighted by atomic mass is 16.6. The zero-order chi connectivity index (χ0) is 13.8. The second kappa shape index (κ2) is 5.71. The predicted molar refractivity (Wildman–Crippen MR) is 70.8 cm³/mol. The highest BCUT2D eigenvalue weighted by molar-refractivity contribution is 5.96. The van der Waals surface area contributed by atoms with Crippen molar-refractivity contribution in [1.29, 1.82) is 0 Å². The number of aryl methyl sites for hydroxylation is 1. The van der Waals surface area contributed by atoms with E-state index in [2.05, 4.69) is 10.6 Å². The summed E-state index contributed by atoms with van der Waals surface area (Å²) >= 11 is 0. The van der Waals surface area contributed by atoms with Gasteiger partial charge in [0.05, 0.1) is 12.8 Å². The van der Waals surface area contributed by atoms with E-state index >= 15 is 0 Å². The fourth-order valence-corrected chi connectivity index (χ4v) is 1.70. The number of rotatable bonds is 5. The SMILES string of the molecule is CC(C)CONC(=O)c1cnn(C)c1-n1cccc1. The molecule has 0 atom stereocenters. The summed E-state index contributed by atoms with van der Waals surface area (Å²) < 4.78 is 3.49. The Kier molecular flexibility index (Phi) is 4.01. The van der Waals surface area contributed by atoms with Crippen LogP contribution < -0.4 is 5.48 Å². The van der Waals surface area contributed by atoms with E-state index in [0.717, 1.165) is 0 Å². The van der Waals surface area contributed by atoms with Crippen LogP contribution in [-0.2, 0) is 11.9 Å². The van der Waals surface area contributed by atoms with Crippen LogP contribution in [0.25, 0.3) is 5.82 Å². The van der Waals surface area contributed by atoms with E-state index in [-0.39, 0.29) is 5.91 Å². The van der Waals surface area contributed by atoms with Crippen molar-refractivity contribution in [2.24, 2.45) is 13.0 Å². The molecule has 0 bridgehead atoms. The van der Waals surface area contributed by atoms with E-state index < -0.39 is 0 Å². The van der Waals surface area contributed by atoms with Crippen LogP contribution in [0, 0.1) is 5.92 Å². The molecule has 0 unspecified atom stereocenters. The van der Waals surface area contributed by atoms with Gasteiger partial charge in [-0.15, -0.1) is 0 Å². The summed E-state index contributed by atoms with van der Waals surface area (Å²) in [5.74, 6) is 0.770. The maximum atomic E-state index is 12.1. The van der Waals surface area contributed by atoms with Crippen LogP contribution >= 0.6 is 0 Å². The fraction of sp³-hybridized carbons (Fsp3) is 0.385. The van der Waals surface area contributed by atoms with Crippen molar-refractivity contribution < 1.29 is 9.63 Å². The van der Waals surface area contributed by atoms with Gasteiger partial charge in [-0.05, 0) is 18.1 Å². The minimum atomic E-state index is -0.294. The first kappa shape index (κ1) is 13.4. The largest absolute Gasteiger partial charge is 0.308 e. The molecule has 2 rings (SSSR count). The average Bonchev–Trinajstić information content (AvgIpc) is 2.96. The lowest BCUT2D eigenvalue weighted by atomic mass is 10.2. The van der Waals surface area contributed by atoms with Crippen LogP contribution in [-0.4, -0.2) is 26.9 Å².